The Balaban J connectivity index is 1.79. The lowest BCUT2D eigenvalue weighted by molar-refractivity contribution is 0.0985. The van der Waals surface area contributed by atoms with Gasteiger partial charge in [0.15, 0.2) is 0 Å². The first kappa shape index (κ1) is 16.6. The molecule has 1 atom stereocenters. The van der Waals surface area contributed by atoms with Gasteiger partial charge in [0.05, 0.1) is 37.3 Å². The molecule has 0 spiro atoms. The van der Waals surface area contributed by atoms with Gasteiger partial charge in [-0.25, -0.2) is 4.98 Å². The molecule has 4 rings (SSSR count). The molecular formula is C18H23N7O. The second-order valence-electron chi connectivity index (χ2n) is 6.61. The molecule has 2 N–H and O–H groups in total. The van der Waals surface area contributed by atoms with E-state index < -0.39 is 0 Å². The topological polar surface area (TPSA) is 83.9 Å². The lowest BCUT2D eigenvalue weighted by atomic mass is 10.1. The van der Waals surface area contributed by atoms with Gasteiger partial charge in [0.2, 0.25) is 0 Å². The van der Waals surface area contributed by atoms with Gasteiger partial charge < -0.3 is 15.0 Å². The van der Waals surface area contributed by atoms with Gasteiger partial charge >= 0.3 is 0 Å². The molecule has 8 heteroatoms. The van der Waals surface area contributed by atoms with Crippen LogP contribution in [0, 0.1) is 6.92 Å². The van der Waals surface area contributed by atoms with Crippen LogP contribution in [-0.2, 0) is 11.8 Å². The van der Waals surface area contributed by atoms with Crippen LogP contribution in [0.1, 0.15) is 12.5 Å². The van der Waals surface area contributed by atoms with Crippen LogP contribution in [0.2, 0.25) is 0 Å². The number of hydrogen-bond donors (Lipinski definition) is 2. The third-order valence-electron chi connectivity index (χ3n) is 4.63. The summed E-state index contributed by atoms with van der Waals surface area (Å²) in [6, 6.07) is 6.32. The van der Waals surface area contributed by atoms with E-state index in [9.17, 15) is 0 Å². The molecule has 1 fully saturated rings. The number of aryl methyl sites for hydroxylation is 2. The molecule has 0 saturated carbocycles. The number of morpholine rings is 1. The lowest BCUT2D eigenvalue weighted by Gasteiger charge is -2.34. The molecule has 0 radical (unpaired) electrons. The summed E-state index contributed by atoms with van der Waals surface area (Å²) >= 11 is 0. The largest absolute Gasteiger partial charge is 0.377 e. The van der Waals surface area contributed by atoms with Crippen molar-refractivity contribution in [2.24, 2.45) is 7.05 Å². The molecule has 8 nitrogen and oxygen atoms in total. The molecule has 3 aromatic heterocycles. The number of nitrogens with zero attached hydrogens (tertiary/aromatic N) is 5. The van der Waals surface area contributed by atoms with Crippen molar-refractivity contribution in [2.75, 3.05) is 30.0 Å². The minimum Gasteiger partial charge on any atom is -0.377 e. The second kappa shape index (κ2) is 6.80. The van der Waals surface area contributed by atoms with E-state index in [0.717, 1.165) is 40.8 Å². The van der Waals surface area contributed by atoms with E-state index in [4.69, 9.17) is 9.72 Å². The Labute approximate surface area is 152 Å². The molecule has 4 heterocycles. The predicted octanol–water partition coefficient (Wildman–Crippen LogP) is 2.48. The van der Waals surface area contributed by atoms with E-state index in [-0.39, 0.29) is 6.04 Å². The monoisotopic (exact) mass is 353 g/mol. The summed E-state index contributed by atoms with van der Waals surface area (Å²) in [4.78, 5) is 7.12. The zero-order valence-electron chi connectivity index (χ0n) is 15.2. The van der Waals surface area contributed by atoms with E-state index in [2.05, 4.69) is 45.4 Å². The zero-order valence-corrected chi connectivity index (χ0v) is 15.2. The van der Waals surface area contributed by atoms with Gasteiger partial charge in [-0.05, 0) is 31.5 Å². The summed E-state index contributed by atoms with van der Waals surface area (Å²) in [5, 5.41) is 14.6. The van der Waals surface area contributed by atoms with E-state index in [1.807, 2.05) is 30.1 Å². The molecule has 0 bridgehead atoms. The first-order valence-electron chi connectivity index (χ1n) is 8.73. The van der Waals surface area contributed by atoms with Crippen LogP contribution >= 0.6 is 0 Å². The molecule has 1 aliphatic heterocycles. The van der Waals surface area contributed by atoms with Crippen molar-refractivity contribution in [1.29, 1.82) is 0 Å². The number of nitrogens with one attached hydrogen (secondary N) is 2. The van der Waals surface area contributed by atoms with Gasteiger partial charge in [0.1, 0.15) is 17.5 Å². The van der Waals surface area contributed by atoms with Crippen LogP contribution in [-0.4, -0.2) is 50.8 Å². The Bertz CT molecular complexity index is 868. The maximum atomic E-state index is 5.58. The molecule has 3 aromatic rings. The van der Waals surface area contributed by atoms with Crippen LogP contribution < -0.4 is 10.2 Å². The van der Waals surface area contributed by atoms with E-state index in [0.29, 0.717) is 13.2 Å². The third-order valence-corrected chi connectivity index (χ3v) is 4.63. The molecule has 136 valence electrons. The highest BCUT2D eigenvalue weighted by molar-refractivity contribution is 5.72. The van der Waals surface area contributed by atoms with Gasteiger partial charge in [-0.15, -0.1) is 0 Å². The quantitative estimate of drug-likeness (QED) is 0.750. The first-order valence-corrected chi connectivity index (χ1v) is 8.73. The fourth-order valence-corrected chi connectivity index (χ4v) is 3.36. The molecule has 0 aliphatic carbocycles. The van der Waals surface area contributed by atoms with Crippen molar-refractivity contribution in [3.8, 4) is 11.3 Å². The van der Waals surface area contributed by atoms with Gasteiger partial charge in [0, 0.05) is 25.2 Å². The van der Waals surface area contributed by atoms with Crippen LogP contribution in [0.4, 0.5) is 17.5 Å². The zero-order chi connectivity index (χ0) is 18.1. The van der Waals surface area contributed by atoms with Gasteiger partial charge in [-0.2, -0.15) is 10.2 Å². The summed E-state index contributed by atoms with van der Waals surface area (Å²) < 4.78 is 7.48. The number of rotatable bonds is 4. The summed E-state index contributed by atoms with van der Waals surface area (Å²) in [5.41, 5.74) is 3.29. The minimum atomic E-state index is 0.277. The standard InChI is InChI=1S/C18H23N7O/c1-12-10-20-24(3)18(12)14-8-16(21-15-4-5-19-23-15)22-17(9-14)25-6-7-26-11-13(25)2/h4-5,8-10,13H,6-7,11H2,1-3H3,(H2,19,21,22,23). The van der Waals surface area contributed by atoms with Gasteiger partial charge in [0.25, 0.3) is 0 Å². The Morgan fingerprint density at radius 3 is 2.92 bits per heavy atom. The van der Waals surface area contributed by atoms with Crippen LogP contribution in [0.3, 0.4) is 0 Å². The summed E-state index contributed by atoms with van der Waals surface area (Å²) in [7, 11) is 1.96. The molecule has 26 heavy (non-hydrogen) atoms. The Morgan fingerprint density at radius 1 is 1.35 bits per heavy atom. The smallest absolute Gasteiger partial charge is 0.134 e. The number of H-pyrrole nitrogens is 1. The van der Waals surface area contributed by atoms with Crippen LogP contribution in [0.5, 0.6) is 0 Å². The highest BCUT2D eigenvalue weighted by Gasteiger charge is 2.22. The van der Waals surface area contributed by atoms with Crippen LogP contribution in [0.15, 0.2) is 30.6 Å². The molecule has 1 saturated heterocycles. The van der Waals surface area contributed by atoms with Crippen LogP contribution in [0.25, 0.3) is 11.3 Å². The SMILES string of the molecule is Cc1cnn(C)c1-c1cc(Nc2ccn[nH]2)nc(N2CCOCC2C)c1. The maximum Gasteiger partial charge on any atom is 0.134 e. The lowest BCUT2D eigenvalue weighted by Crippen LogP contribution is -2.44. The number of hydrogen-bond acceptors (Lipinski definition) is 6. The normalized spacial score (nSPS) is 17.5. The fourth-order valence-electron chi connectivity index (χ4n) is 3.36. The van der Waals surface area contributed by atoms with Crippen molar-refractivity contribution in [3.05, 3.63) is 36.2 Å². The van der Waals surface area contributed by atoms with Crippen molar-refractivity contribution in [2.45, 2.75) is 19.9 Å². The Kier molecular flexibility index (Phi) is 4.34. The highest BCUT2D eigenvalue weighted by Crippen LogP contribution is 2.30. The van der Waals surface area contributed by atoms with Crippen molar-refractivity contribution < 1.29 is 4.74 Å². The average molecular weight is 353 g/mol. The maximum absolute atomic E-state index is 5.58. The molecule has 0 amide bonds. The first-order chi connectivity index (χ1) is 12.6. The second-order valence-corrected chi connectivity index (χ2v) is 6.61. The summed E-state index contributed by atoms with van der Waals surface area (Å²) in [6.07, 6.45) is 3.59. The Morgan fingerprint density at radius 2 is 2.23 bits per heavy atom. The van der Waals surface area contributed by atoms with Gasteiger partial charge in [-0.3, -0.25) is 9.78 Å². The number of anilines is 3. The molecule has 0 aromatic carbocycles. The Hall–Kier alpha value is -2.87. The number of pyridine rings is 1. The predicted molar refractivity (Wildman–Crippen MR) is 101 cm³/mol. The summed E-state index contributed by atoms with van der Waals surface area (Å²) in [5.74, 6) is 2.50. The average Bonchev–Trinajstić information content (AvgIpc) is 3.25. The number of aromatic amines is 1. The van der Waals surface area contributed by atoms with E-state index in [1.54, 1.807) is 6.20 Å². The highest BCUT2D eigenvalue weighted by atomic mass is 16.5. The van der Waals surface area contributed by atoms with Crippen molar-refractivity contribution in [3.63, 3.8) is 0 Å². The van der Waals surface area contributed by atoms with E-state index in [1.165, 1.54) is 0 Å². The molecule has 1 unspecified atom stereocenters. The van der Waals surface area contributed by atoms with E-state index >= 15 is 0 Å². The summed E-state index contributed by atoms with van der Waals surface area (Å²) in [6.45, 7) is 6.47. The van der Waals surface area contributed by atoms with Gasteiger partial charge in [-0.1, -0.05) is 0 Å². The number of aromatic nitrogens is 5. The third kappa shape index (κ3) is 3.15. The molecular weight excluding hydrogens is 330 g/mol. The van der Waals surface area contributed by atoms with Crippen molar-refractivity contribution in [1.82, 2.24) is 25.0 Å². The molecule has 1 aliphatic rings. The van der Waals surface area contributed by atoms with Crippen molar-refractivity contribution >= 4 is 17.5 Å². The number of ether oxygens (including phenoxy) is 1. The minimum absolute atomic E-state index is 0.277. The fraction of sp³-hybridized carbons (Fsp3) is 0.389.